The highest BCUT2D eigenvalue weighted by atomic mass is 19.1. The second-order valence-corrected chi connectivity index (χ2v) is 4.42. The van der Waals surface area contributed by atoms with Crippen LogP contribution >= 0.6 is 0 Å². The van der Waals surface area contributed by atoms with E-state index in [0.717, 1.165) is 5.56 Å². The molecule has 1 unspecified atom stereocenters. The zero-order valence-electron chi connectivity index (χ0n) is 11.0. The average Bonchev–Trinajstić information content (AvgIpc) is 2.46. The van der Waals surface area contributed by atoms with Gasteiger partial charge in [0.1, 0.15) is 24.2 Å². The molecule has 2 aromatic rings. The van der Waals surface area contributed by atoms with Crippen LogP contribution in [0.15, 0.2) is 42.5 Å². The fourth-order valence-electron chi connectivity index (χ4n) is 1.78. The minimum Gasteiger partial charge on any atom is -0.489 e. The lowest BCUT2D eigenvalue weighted by Gasteiger charge is -2.09. The molecule has 3 nitrogen and oxygen atoms in total. The maximum Gasteiger partial charge on any atom is 0.147 e. The van der Waals surface area contributed by atoms with E-state index >= 15 is 0 Å². The highest BCUT2D eigenvalue weighted by Gasteiger charge is 2.08. The molecule has 2 aromatic carbocycles. The number of benzene rings is 2. The Bertz CT molecular complexity index is 630. The normalized spacial score (nSPS) is 11.7. The van der Waals surface area contributed by atoms with Crippen molar-refractivity contribution < 1.29 is 14.2 Å². The van der Waals surface area contributed by atoms with Gasteiger partial charge in [-0.25, -0.2) is 4.39 Å². The van der Waals surface area contributed by atoms with Gasteiger partial charge in [-0.05, 0) is 30.7 Å². The van der Waals surface area contributed by atoms with Gasteiger partial charge in [0.25, 0.3) is 0 Å². The van der Waals surface area contributed by atoms with Crippen molar-refractivity contribution in [1.29, 1.82) is 5.26 Å². The first-order valence-electron chi connectivity index (χ1n) is 6.20. The van der Waals surface area contributed by atoms with Crippen LogP contribution in [-0.2, 0) is 6.61 Å². The topological polar surface area (TPSA) is 53.2 Å². The Balaban J connectivity index is 2.07. The SMILES string of the molecule is CC(O)c1ccc(OCc2cccc(C#N)c2F)cc1. The number of halogens is 1. The van der Waals surface area contributed by atoms with Gasteiger partial charge in [-0.1, -0.05) is 24.3 Å². The lowest BCUT2D eigenvalue weighted by molar-refractivity contribution is 0.199. The Morgan fingerprint density at radius 2 is 1.95 bits per heavy atom. The molecule has 0 spiro atoms. The molecule has 0 aromatic heterocycles. The summed E-state index contributed by atoms with van der Waals surface area (Å²) in [5.41, 5.74) is 1.13. The van der Waals surface area contributed by atoms with E-state index < -0.39 is 11.9 Å². The summed E-state index contributed by atoms with van der Waals surface area (Å²) in [7, 11) is 0. The van der Waals surface area contributed by atoms with Crippen molar-refractivity contribution in [2.75, 3.05) is 0 Å². The van der Waals surface area contributed by atoms with E-state index in [9.17, 15) is 9.50 Å². The number of aliphatic hydroxyl groups is 1. The lowest BCUT2D eigenvalue weighted by Crippen LogP contribution is -2.00. The third-order valence-electron chi connectivity index (χ3n) is 2.96. The number of ether oxygens (including phenoxy) is 1. The Morgan fingerprint density at radius 1 is 1.25 bits per heavy atom. The molecule has 0 fully saturated rings. The van der Waals surface area contributed by atoms with Crippen LogP contribution in [0.1, 0.15) is 29.7 Å². The second kappa shape index (κ2) is 6.18. The predicted octanol–water partition coefficient (Wildman–Crippen LogP) is 3.33. The molecule has 0 aliphatic rings. The first-order valence-corrected chi connectivity index (χ1v) is 6.20. The highest BCUT2D eigenvalue weighted by molar-refractivity contribution is 5.35. The van der Waals surface area contributed by atoms with Crippen LogP contribution in [0, 0.1) is 17.1 Å². The molecule has 102 valence electrons. The molecule has 0 radical (unpaired) electrons. The van der Waals surface area contributed by atoms with Crippen molar-refractivity contribution in [3.8, 4) is 11.8 Å². The van der Waals surface area contributed by atoms with Crippen molar-refractivity contribution in [2.24, 2.45) is 0 Å². The largest absolute Gasteiger partial charge is 0.489 e. The van der Waals surface area contributed by atoms with Crippen LogP contribution in [0.2, 0.25) is 0 Å². The van der Waals surface area contributed by atoms with Gasteiger partial charge < -0.3 is 9.84 Å². The van der Waals surface area contributed by atoms with Gasteiger partial charge in [0, 0.05) is 5.56 Å². The fraction of sp³-hybridized carbons (Fsp3) is 0.188. The standard InChI is InChI=1S/C16H14FNO2/c1-11(19)12-5-7-15(8-6-12)20-10-14-4-2-3-13(9-18)16(14)17/h2-8,11,19H,10H2,1H3. The summed E-state index contributed by atoms with van der Waals surface area (Å²) in [4.78, 5) is 0. The van der Waals surface area contributed by atoms with Crippen LogP contribution in [0.4, 0.5) is 4.39 Å². The Kier molecular flexibility index (Phi) is 4.34. The van der Waals surface area contributed by atoms with Crippen molar-refractivity contribution >= 4 is 0 Å². The van der Waals surface area contributed by atoms with E-state index in [1.165, 1.54) is 6.07 Å². The number of rotatable bonds is 4. The van der Waals surface area contributed by atoms with E-state index in [-0.39, 0.29) is 12.2 Å². The fourth-order valence-corrected chi connectivity index (χ4v) is 1.78. The number of nitrogens with zero attached hydrogens (tertiary/aromatic N) is 1. The Morgan fingerprint density at radius 3 is 2.55 bits per heavy atom. The third-order valence-corrected chi connectivity index (χ3v) is 2.96. The molecule has 1 atom stereocenters. The molecule has 20 heavy (non-hydrogen) atoms. The molecular weight excluding hydrogens is 257 g/mol. The summed E-state index contributed by atoms with van der Waals surface area (Å²) in [5, 5.41) is 18.2. The van der Waals surface area contributed by atoms with Gasteiger partial charge in [-0.3, -0.25) is 0 Å². The average molecular weight is 271 g/mol. The van der Waals surface area contributed by atoms with Crippen LogP contribution in [0.25, 0.3) is 0 Å². The van der Waals surface area contributed by atoms with Crippen molar-refractivity contribution in [2.45, 2.75) is 19.6 Å². The van der Waals surface area contributed by atoms with Gasteiger partial charge in [0.05, 0.1) is 11.7 Å². The molecule has 1 N–H and O–H groups in total. The summed E-state index contributed by atoms with van der Waals surface area (Å²) >= 11 is 0. The van der Waals surface area contributed by atoms with Gasteiger partial charge in [0.2, 0.25) is 0 Å². The first-order chi connectivity index (χ1) is 9.61. The number of hydrogen-bond acceptors (Lipinski definition) is 3. The second-order valence-electron chi connectivity index (χ2n) is 4.42. The highest BCUT2D eigenvalue weighted by Crippen LogP contribution is 2.19. The Hall–Kier alpha value is -2.38. The molecule has 4 heteroatoms. The maximum atomic E-state index is 13.8. The predicted molar refractivity (Wildman–Crippen MR) is 72.5 cm³/mol. The molecule has 0 saturated heterocycles. The lowest BCUT2D eigenvalue weighted by atomic mass is 10.1. The Labute approximate surface area is 116 Å². The smallest absolute Gasteiger partial charge is 0.147 e. The summed E-state index contributed by atoms with van der Waals surface area (Å²) in [6, 6.07) is 13.4. The van der Waals surface area contributed by atoms with E-state index in [1.54, 1.807) is 49.4 Å². The zero-order chi connectivity index (χ0) is 14.5. The molecular formula is C16H14FNO2. The van der Waals surface area contributed by atoms with Crippen LogP contribution < -0.4 is 4.74 Å². The molecule has 0 aliphatic heterocycles. The first kappa shape index (κ1) is 14.0. The number of hydrogen-bond donors (Lipinski definition) is 1. The van der Waals surface area contributed by atoms with E-state index in [4.69, 9.17) is 10.00 Å². The van der Waals surface area contributed by atoms with Gasteiger partial charge in [-0.2, -0.15) is 5.26 Å². The third kappa shape index (κ3) is 3.14. The van der Waals surface area contributed by atoms with Crippen molar-refractivity contribution in [3.05, 3.63) is 65.0 Å². The summed E-state index contributed by atoms with van der Waals surface area (Å²) in [6.07, 6.45) is -0.534. The summed E-state index contributed by atoms with van der Waals surface area (Å²) in [5.74, 6) is 0.0340. The van der Waals surface area contributed by atoms with Crippen LogP contribution in [0.3, 0.4) is 0 Å². The van der Waals surface area contributed by atoms with Crippen molar-refractivity contribution in [1.82, 2.24) is 0 Å². The molecule has 0 saturated carbocycles. The van der Waals surface area contributed by atoms with Gasteiger partial charge in [-0.15, -0.1) is 0 Å². The van der Waals surface area contributed by atoms with E-state index in [0.29, 0.717) is 11.3 Å². The quantitative estimate of drug-likeness (QED) is 0.928. The molecule has 0 amide bonds. The molecule has 2 rings (SSSR count). The molecule has 0 bridgehead atoms. The monoisotopic (exact) mass is 271 g/mol. The van der Waals surface area contributed by atoms with E-state index in [2.05, 4.69) is 0 Å². The number of aliphatic hydroxyl groups excluding tert-OH is 1. The van der Waals surface area contributed by atoms with Crippen molar-refractivity contribution in [3.63, 3.8) is 0 Å². The number of nitriles is 1. The maximum absolute atomic E-state index is 13.8. The van der Waals surface area contributed by atoms with E-state index in [1.807, 2.05) is 0 Å². The molecule has 0 heterocycles. The van der Waals surface area contributed by atoms with Crippen LogP contribution in [0.5, 0.6) is 5.75 Å². The minimum atomic E-state index is -0.546. The minimum absolute atomic E-state index is 0.00977. The summed E-state index contributed by atoms with van der Waals surface area (Å²) in [6.45, 7) is 1.73. The van der Waals surface area contributed by atoms with Crippen LogP contribution in [-0.4, -0.2) is 5.11 Å². The summed E-state index contributed by atoms with van der Waals surface area (Å²) < 4.78 is 19.3. The van der Waals surface area contributed by atoms with Gasteiger partial charge >= 0.3 is 0 Å². The zero-order valence-corrected chi connectivity index (χ0v) is 11.0. The van der Waals surface area contributed by atoms with Gasteiger partial charge in [0.15, 0.2) is 0 Å². The molecule has 0 aliphatic carbocycles.